The summed E-state index contributed by atoms with van der Waals surface area (Å²) < 4.78 is 6.08. The Bertz CT molecular complexity index is 2780. The van der Waals surface area contributed by atoms with Crippen molar-refractivity contribution in [3.63, 3.8) is 0 Å². The maximum Gasteiger partial charge on any atom is 0.248 e. The van der Waals surface area contributed by atoms with Crippen LogP contribution >= 0.6 is 0 Å². The number of aliphatic hydroxyl groups is 2. The molecule has 4 fully saturated rings. The molecular weight excluding hydrogens is 1310 g/mol. The molecule has 582 valence electrons. The molecule has 2 aliphatic carbocycles. The third kappa shape index (κ3) is 25.7. The van der Waals surface area contributed by atoms with Crippen LogP contribution in [0, 0.1) is 41.4 Å². The standard InChI is InChI=1S/C75H132N12O15/c1-45(2)37-54-70(96)83(16)59(39-47(5)6)73(99)82(15)58(40-52-29-23-20-24-30-52)67(93)78-56(44-102-36-33-50(11)88)71(97)84(17)60(41-53-31-25-21-26-32-53)74(100)86(19)65(49(9)10)69(95)79-63(51(12)89)75(101)80(13)43-62(91)81(14)57(38-46(3)4)66(92)76-55(72(98)87-34-27-22-28-35-87)42-61(90)85(18)64(48(7)8)68(94)77-54/h45-60,63-65,88-89H,20-44H2,1-19H3,(H,76,92)(H,77,94)(H,78,93)(H,79,95)/t50-,51+,54-,55-,56?,57-,58-,59-,60-,63-,64-,65-/m0/s1. The van der Waals surface area contributed by atoms with E-state index in [1.54, 1.807) is 39.5 Å². The van der Waals surface area contributed by atoms with E-state index in [1.165, 1.54) is 80.8 Å². The fourth-order valence-corrected chi connectivity index (χ4v) is 15.1. The van der Waals surface area contributed by atoms with Crippen molar-refractivity contribution in [2.24, 2.45) is 41.4 Å². The Morgan fingerprint density at radius 2 is 0.892 bits per heavy atom. The highest BCUT2D eigenvalue weighted by molar-refractivity contribution is 6.00. The van der Waals surface area contributed by atoms with Crippen LogP contribution < -0.4 is 21.3 Å². The molecule has 12 atom stereocenters. The van der Waals surface area contributed by atoms with E-state index < -0.39 is 175 Å². The summed E-state index contributed by atoms with van der Waals surface area (Å²) >= 11 is 0. The number of likely N-dealkylation sites (N-methyl/N-ethyl adjacent to an activating group) is 7. The van der Waals surface area contributed by atoms with Crippen molar-refractivity contribution in [1.29, 1.82) is 0 Å². The second-order valence-electron chi connectivity index (χ2n) is 32.0. The number of nitrogens with one attached hydrogen (secondary N) is 4. The van der Waals surface area contributed by atoms with Crippen molar-refractivity contribution >= 4 is 70.9 Å². The van der Waals surface area contributed by atoms with Crippen molar-refractivity contribution in [3.05, 3.63) is 0 Å². The van der Waals surface area contributed by atoms with E-state index in [0.29, 0.717) is 25.9 Å². The number of carbonyl (C=O) groups excluding carboxylic acids is 12. The zero-order valence-corrected chi connectivity index (χ0v) is 65.4. The monoisotopic (exact) mass is 1440 g/mol. The fraction of sp³-hybridized carbons (Fsp3) is 0.840. The normalized spacial score (nSPS) is 27.5. The van der Waals surface area contributed by atoms with E-state index in [1.807, 2.05) is 41.5 Å². The van der Waals surface area contributed by atoms with Gasteiger partial charge in [-0.15, -0.1) is 0 Å². The molecule has 0 aromatic carbocycles. The number of rotatable bonds is 19. The molecule has 102 heavy (non-hydrogen) atoms. The molecule has 12 amide bonds. The van der Waals surface area contributed by atoms with Gasteiger partial charge >= 0.3 is 0 Å². The van der Waals surface area contributed by atoms with Gasteiger partial charge in [0.2, 0.25) is 70.9 Å². The van der Waals surface area contributed by atoms with Gasteiger partial charge in [-0.05, 0) is 113 Å². The second kappa shape index (κ2) is 41.9. The van der Waals surface area contributed by atoms with E-state index in [4.69, 9.17) is 4.74 Å². The molecular formula is C75H132N12O15. The Labute approximate surface area is 609 Å². The summed E-state index contributed by atoms with van der Waals surface area (Å²) in [6.07, 6.45) is 8.83. The lowest BCUT2D eigenvalue weighted by atomic mass is 9.84. The first-order valence-electron chi connectivity index (χ1n) is 38.1. The van der Waals surface area contributed by atoms with Gasteiger partial charge in [-0.3, -0.25) is 57.5 Å². The lowest BCUT2D eigenvalue weighted by Crippen LogP contribution is -2.63. The number of ether oxygens (including phenoxy) is 1. The smallest absolute Gasteiger partial charge is 0.248 e. The highest BCUT2D eigenvalue weighted by Crippen LogP contribution is 2.32. The van der Waals surface area contributed by atoms with Crippen molar-refractivity contribution in [2.75, 3.05) is 82.2 Å². The van der Waals surface area contributed by atoms with Crippen LogP contribution in [-0.4, -0.2) is 275 Å². The van der Waals surface area contributed by atoms with Gasteiger partial charge in [-0.1, -0.05) is 133 Å². The summed E-state index contributed by atoms with van der Waals surface area (Å²) in [4.78, 5) is 191. The minimum atomic E-state index is -1.66. The van der Waals surface area contributed by atoms with E-state index in [0.717, 1.165) is 80.4 Å². The van der Waals surface area contributed by atoms with E-state index in [-0.39, 0.29) is 74.7 Å². The molecule has 1 unspecified atom stereocenters. The van der Waals surface area contributed by atoms with Gasteiger partial charge in [0.05, 0.1) is 31.8 Å². The average molecular weight is 1440 g/mol. The third-order valence-corrected chi connectivity index (χ3v) is 21.2. The molecule has 27 nitrogen and oxygen atoms in total. The second-order valence-corrected chi connectivity index (χ2v) is 32.0. The van der Waals surface area contributed by atoms with Crippen LogP contribution in [0.4, 0.5) is 0 Å². The van der Waals surface area contributed by atoms with Crippen LogP contribution in [0.5, 0.6) is 0 Å². The highest BCUT2D eigenvalue weighted by Gasteiger charge is 2.45. The average Bonchev–Trinajstić information content (AvgIpc) is 0.817. The predicted octanol–water partition coefficient (Wildman–Crippen LogP) is 4.32. The topological polar surface area (TPSA) is 329 Å². The Morgan fingerprint density at radius 3 is 1.40 bits per heavy atom. The van der Waals surface area contributed by atoms with E-state index in [2.05, 4.69) is 21.3 Å². The lowest BCUT2D eigenvalue weighted by Gasteiger charge is -2.40. The van der Waals surface area contributed by atoms with Gasteiger partial charge in [-0.2, -0.15) is 0 Å². The van der Waals surface area contributed by atoms with Gasteiger partial charge < -0.3 is 75.4 Å². The van der Waals surface area contributed by atoms with Crippen LogP contribution in [0.3, 0.4) is 0 Å². The lowest BCUT2D eigenvalue weighted by molar-refractivity contribution is -0.153. The predicted molar refractivity (Wildman–Crippen MR) is 389 cm³/mol. The van der Waals surface area contributed by atoms with Crippen LogP contribution in [-0.2, 0) is 62.3 Å². The molecule has 2 saturated heterocycles. The fourth-order valence-electron chi connectivity index (χ4n) is 15.1. The van der Waals surface area contributed by atoms with E-state index in [9.17, 15) is 39.0 Å². The van der Waals surface area contributed by atoms with Crippen molar-refractivity contribution in [1.82, 2.24) is 60.5 Å². The summed E-state index contributed by atoms with van der Waals surface area (Å²) in [6.45, 7) is 20.6. The Kier molecular flexibility index (Phi) is 36.1. The molecule has 0 aromatic rings. The number of nitrogens with zero attached hydrogens (tertiary/aromatic N) is 8. The first kappa shape index (κ1) is 87.9. The summed E-state index contributed by atoms with van der Waals surface area (Å²) in [5, 5.41) is 33.0. The number of carbonyl (C=O) groups is 12. The quantitative estimate of drug-likeness (QED) is 0.0981. The molecule has 2 saturated carbocycles. The summed E-state index contributed by atoms with van der Waals surface area (Å²) in [5.41, 5.74) is 0. The largest absolute Gasteiger partial charge is 0.393 e. The molecule has 0 spiro atoms. The van der Waals surface area contributed by atoms with Crippen molar-refractivity contribution < 1.29 is 72.5 Å². The first-order valence-corrected chi connectivity index (χ1v) is 38.1. The van der Waals surface area contributed by atoms with Crippen LogP contribution in [0.1, 0.15) is 212 Å². The van der Waals surface area contributed by atoms with Gasteiger partial charge in [0.1, 0.15) is 60.4 Å². The molecule has 0 aromatic heterocycles. The number of amides is 12. The summed E-state index contributed by atoms with van der Waals surface area (Å²) in [7, 11) is 10.00. The van der Waals surface area contributed by atoms with Crippen molar-refractivity contribution in [3.8, 4) is 0 Å². The van der Waals surface area contributed by atoms with Crippen molar-refractivity contribution in [2.45, 2.75) is 284 Å². The molecule has 4 rings (SSSR count). The van der Waals surface area contributed by atoms with Crippen LogP contribution in [0.15, 0.2) is 0 Å². The number of likely N-dealkylation sites (tertiary alicyclic amines) is 1. The SMILES string of the molecule is CC(C)C[C@@H]1NC(=O)[C@H](C(C)C)N(C)C(=O)C[C@@H](C(=O)N2CCCCC2)NC(=O)[C@H](CC(C)C)N(C)C(=O)CN(C)C(=O)[C@H]([C@@H](C)O)NC(=O)[C@H](C(C)C)N(C)C(=O)[C@H](CC2CCCCC2)N(C)C(=O)C(COCC[C@H](C)O)NC(=O)[C@H](CC2CCCCC2)N(C)C(=O)[C@H](CC(C)C)N(C)C1=O. The maximum atomic E-state index is 15.6. The molecule has 0 radical (unpaired) electrons. The Hall–Kier alpha value is -6.48. The molecule has 2 aliphatic heterocycles. The Morgan fingerprint density at radius 1 is 0.451 bits per heavy atom. The number of hydrogen-bond donors (Lipinski definition) is 6. The van der Waals surface area contributed by atoms with Gasteiger partial charge in [-0.25, -0.2) is 0 Å². The van der Waals surface area contributed by atoms with Crippen LogP contribution in [0.2, 0.25) is 0 Å². The molecule has 4 aliphatic rings. The minimum absolute atomic E-state index is 0.00992. The number of hydrogen-bond acceptors (Lipinski definition) is 15. The van der Waals surface area contributed by atoms with Gasteiger partial charge in [0.15, 0.2) is 0 Å². The van der Waals surface area contributed by atoms with Gasteiger partial charge in [0, 0.05) is 69.0 Å². The van der Waals surface area contributed by atoms with E-state index >= 15 is 28.8 Å². The summed E-state index contributed by atoms with van der Waals surface area (Å²) in [6, 6.07) is -13.2. The highest BCUT2D eigenvalue weighted by atomic mass is 16.5. The molecule has 2 heterocycles. The minimum Gasteiger partial charge on any atom is -0.393 e. The number of piperidine rings is 1. The Balaban J connectivity index is 1.99. The molecule has 27 heteroatoms. The van der Waals surface area contributed by atoms with Gasteiger partial charge in [0.25, 0.3) is 0 Å². The molecule has 0 bridgehead atoms. The maximum absolute atomic E-state index is 15.6. The first-order chi connectivity index (χ1) is 47.8. The molecule has 6 N–H and O–H groups in total. The third-order valence-electron chi connectivity index (χ3n) is 21.2. The zero-order chi connectivity index (χ0) is 76.7. The number of aliphatic hydroxyl groups excluding tert-OH is 2. The summed E-state index contributed by atoms with van der Waals surface area (Å²) in [5.74, 6) is -10.1. The zero-order valence-electron chi connectivity index (χ0n) is 65.4. The van der Waals surface area contributed by atoms with Crippen LogP contribution in [0.25, 0.3) is 0 Å².